The van der Waals surface area contributed by atoms with Gasteiger partial charge in [0.25, 0.3) is 7.82 Å². The number of unbranched alkanes of at least 4 members (excludes halogenated alkanes) is 38. The number of quaternary nitrogens is 1. The minimum absolute atomic E-state index is 0.0265. The molecule has 0 amide bonds. The Morgan fingerprint density at radius 3 is 1.10 bits per heavy atom. The molecule has 9 nitrogen and oxygen atoms in total. The molecule has 2 atom stereocenters. The van der Waals surface area contributed by atoms with Crippen LogP contribution in [0.25, 0.3) is 0 Å². The fraction of sp³-hybridized carbons (Fsp3) is 0.930. The summed E-state index contributed by atoms with van der Waals surface area (Å²) >= 11 is 0. The molecular formula is C57H112NO8P. The van der Waals surface area contributed by atoms with Crippen molar-refractivity contribution < 1.29 is 42.1 Å². The van der Waals surface area contributed by atoms with Gasteiger partial charge in [0.1, 0.15) is 19.8 Å². The molecule has 0 aromatic carbocycles. The summed E-state index contributed by atoms with van der Waals surface area (Å²) in [7, 11) is 1.18. The number of esters is 2. The minimum atomic E-state index is -4.63. The smallest absolute Gasteiger partial charge is 0.306 e. The molecule has 0 heterocycles. The van der Waals surface area contributed by atoms with Crippen molar-refractivity contribution in [2.24, 2.45) is 0 Å². The zero-order valence-electron chi connectivity index (χ0n) is 45.1. The van der Waals surface area contributed by atoms with Crippen molar-refractivity contribution in [1.29, 1.82) is 0 Å². The Hall–Kier alpha value is -1.25. The molecule has 10 heteroatoms. The van der Waals surface area contributed by atoms with E-state index in [2.05, 4.69) is 26.0 Å². The van der Waals surface area contributed by atoms with E-state index in [0.29, 0.717) is 17.4 Å². The van der Waals surface area contributed by atoms with E-state index in [4.69, 9.17) is 18.5 Å². The van der Waals surface area contributed by atoms with E-state index in [1.165, 1.54) is 225 Å². The van der Waals surface area contributed by atoms with Gasteiger partial charge in [-0.05, 0) is 38.5 Å². The monoisotopic (exact) mass is 970 g/mol. The first-order valence-corrected chi connectivity index (χ1v) is 30.4. The number of hydrogen-bond acceptors (Lipinski definition) is 8. The molecule has 0 aromatic heterocycles. The second kappa shape index (κ2) is 49.7. The van der Waals surface area contributed by atoms with Gasteiger partial charge in [0.2, 0.25) is 0 Å². The molecule has 0 radical (unpaired) electrons. The maximum atomic E-state index is 12.8. The first-order chi connectivity index (χ1) is 32.5. The number of carbonyl (C=O) groups excluding carboxylic acids is 2. The molecule has 0 aliphatic heterocycles. The third kappa shape index (κ3) is 53.9. The van der Waals surface area contributed by atoms with E-state index in [1.807, 2.05) is 21.1 Å². The average molecular weight is 970 g/mol. The van der Waals surface area contributed by atoms with Crippen LogP contribution in [0.1, 0.15) is 290 Å². The first kappa shape index (κ1) is 65.8. The third-order valence-electron chi connectivity index (χ3n) is 13.0. The van der Waals surface area contributed by atoms with Crippen LogP contribution < -0.4 is 4.89 Å². The molecule has 0 spiro atoms. The van der Waals surface area contributed by atoms with Gasteiger partial charge in [-0.15, -0.1) is 0 Å². The van der Waals surface area contributed by atoms with Crippen LogP contribution >= 0.6 is 7.82 Å². The SMILES string of the molecule is CCCCCCCCCC/C=C\CCCCCCCCCCCCCCCCCCCC(=O)OC(COC(=O)CCCCCCCCCCCCCCCC)COP(=O)([O-])OCC[N+](C)(C)C. The van der Waals surface area contributed by atoms with Crippen molar-refractivity contribution in [2.75, 3.05) is 47.5 Å². The molecule has 0 saturated carbocycles. The predicted octanol–water partition coefficient (Wildman–Crippen LogP) is 17.0. The highest BCUT2D eigenvalue weighted by Gasteiger charge is 2.22. The van der Waals surface area contributed by atoms with Crippen molar-refractivity contribution in [1.82, 2.24) is 0 Å². The van der Waals surface area contributed by atoms with Gasteiger partial charge in [-0.3, -0.25) is 14.2 Å². The lowest BCUT2D eigenvalue weighted by Crippen LogP contribution is -2.37. The van der Waals surface area contributed by atoms with E-state index < -0.39 is 26.5 Å². The largest absolute Gasteiger partial charge is 0.756 e. The summed E-state index contributed by atoms with van der Waals surface area (Å²) in [6.45, 7) is 4.29. The third-order valence-corrected chi connectivity index (χ3v) is 14.0. The molecule has 0 saturated heterocycles. The quantitative estimate of drug-likeness (QED) is 0.0195. The highest BCUT2D eigenvalue weighted by Crippen LogP contribution is 2.38. The lowest BCUT2D eigenvalue weighted by molar-refractivity contribution is -0.870. The zero-order chi connectivity index (χ0) is 49.2. The van der Waals surface area contributed by atoms with Crippen LogP contribution in [0.4, 0.5) is 0 Å². The molecule has 0 bridgehead atoms. The second-order valence-electron chi connectivity index (χ2n) is 21.0. The summed E-state index contributed by atoms with van der Waals surface area (Å²) in [6.07, 6.45) is 56.9. The van der Waals surface area contributed by atoms with Crippen LogP contribution in [0.3, 0.4) is 0 Å². The molecular weight excluding hydrogens is 858 g/mol. The summed E-state index contributed by atoms with van der Waals surface area (Å²) in [6, 6.07) is 0. The zero-order valence-corrected chi connectivity index (χ0v) is 46.0. The van der Waals surface area contributed by atoms with Crippen molar-refractivity contribution in [2.45, 2.75) is 296 Å². The summed E-state index contributed by atoms with van der Waals surface area (Å²) < 4.78 is 34.1. The Balaban J connectivity index is 4.04. The van der Waals surface area contributed by atoms with Crippen LogP contribution in [0.5, 0.6) is 0 Å². The fourth-order valence-electron chi connectivity index (χ4n) is 8.54. The number of phosphoric ester groups is 1. The van der Waals surface area contributed by atoms with Crippen LogP contribution in [0, 0.1) is 0 Å². The number of hydrogen-bond donors (Lipinski definition) is 0. The predicted molar refractivity (Wildman–Crippen MR) is 282 cm³/mol. The normalized spacial score (nSPS) is 13.3. The van der Waals surface area contributed by atoms with Crippen molar-refractivity contribution in [3.05, 3.63) is 12.2 Å². The second-order valence-corrected chi connectivity index (χ2v) is 22.4. The average Bonchev–Trinajstić information content (AvgIpc) is 3.29. The molecule has 2 unspecified atom stereocenters. The standard InChI is InChI=1S/C57H112NO8P/c1-6-8-10-12-14-16-18-20-22-23-24-25-26-27-28-29-30-31-32-33-34-35-36-38-40-42-44-46-48-50-57(60)66-55(54-65-67(61,62)64-52-51-58(3,4)5)53-63-56(59)49-47-45-43-41-39-37-21-19-17-15-13-11-9-7-2/h23-24,55H,6-22,25-54H2,1-5H3/b24-23-. The molecule has 0 aliphatic rings. The van der Waals surface area contributed by atoms with Gasteiger partial charge >= 0.3 is 11.9 Å². The molecule has 67 heavy (non-hydrogen) atoms. The Kier molecular flexibility index (Phi) is 48.8. The van der Waals surface area contributed by atoms with Gasteiger partial charge < -0.3 is 27.9 Å². The van der Waals surface area contributed by atoms with Gasteiger partial charge in [0.05, 0.1) is 27.7 Å². The summed E-state index contributed by atoms with van der Waals surface area (Å²) in [5.41, 5.74) is 0. The van der Waals surface area contributed by atoms with E-state index in [0.717, 1.165) is 32.1 Å². The van der Waals surface area contributed by atoms with Crippen LogP contribution in [0.15, 0.2) is 12.2 Å². The van der Waals surface area contributed by atoms with E-state index in [-0.39, 0.29) is 32.0 Å². The number of likely N-dealkylation sites (N-methyl/N-ethyl adjacent to an activating group) is 1. The van der Waals surface area contributed by atoms with E-state index >= 15 is 0 Å². The van der Waals surface area contributed by atoms with E-state index in [9.17, 15) is 19.0 Å². The fourth-order valence-corrected chi connectivity index (χ4v) is 9.26. The van der Waals surface area contributed by atoms with Crippen molar-refractivity contribution in [3.8, 4) is 0 Å². The Morgan fingerprint density at radius 2 is 0.761 bits per heavy atom. The highest BCUT2D eigenvalue weighted by atomic mass is 31.2. The molecule has 0 aromatic rings. The topological polar surface area (TPSA) is 111 Å². The summed E-state index contributed by atoms with van der Waals surface area (Å²) in [5, 5.41) is 0. The maximum absolute atomic E-state index is 12.8. The van der Waals surface area contributed by atoms with E-state index in [1.54, 1.807) is 0 Å². The maximum Gasteiger partial charge on any atom is 0.306 e. The first-order valence-electron chi connectivity index (χ1n) is 28.9. The van der Waals surface area contributed by atoms with Gasteiger partial charge in [-0.25, -0.2) is 0 Å². The Morgan fingerprint density at radius 1 is 0.448 bits per heavy atom. The summed E-state index contributed by atoms with van der Waals surface area (Å²) in [4.78, 5) is 37.8. The van der Waals surface area contributed by atoms with Gasteiger partial charge in [0, 0.05) is 12.8 Å². The lowest BCUT2D eigenvalue weighted by atomic mass is 10.0. The number of allylic oxidation sites excluding steroid dienone is 2. The van der Waals surface area contributed by atoms with Gasteiger partial charge in [0.15, 0.2) is 6.10 Å². The minimum Gasteiger partial charge on any atom is -0.756 e. The van der Waals surface area contributed by atoms with Crippen molar-refractivity contribution >= 4 is 19.8 Å². The highest BCUT2D eigenvalue weighted by molar-refractivity contribution is 7.45. The van der Waals surface area contributed by atoms with Gasteiger partial charge in [-0.1, -0.05) is 251 Å². The molecule has 0 fully saturated rings. The summed E-state index contributed by atoms with van der Waals surface area (Å²) in [5.74, 6) is -0.815. The number of rotatable bonds is 54. The van der Waals surface area contributed by atoms with Gasteiger partial charge in [-0.2, -0.15) is 0 Å². The number of phosphoric acid groups is 1. The lowest BCUT2D eigenvalue weighted by Gasteiger charge is -2.28. The molecule has 0 rings (SSSR count). The molecule has 0 N–H and O–H groups in total. The Bertz CT molecular complexity index is 1140. The van der Waals surface area contributed by atoms with Crippen LogP contribution in [0.2, 0.25) is 0 Å². The number of nitrogens with zero attached hydrogens (tertiary/aromatic N) is 1. The van der Waals surface area contributed by atoms with Crippen molar-refractivity contribution in [3.63, 3.8) is 0 Å². The van der Waals surface area contributed by atoms with Crippen LogP contribution in [-0.4, -0.2) is 70.0 Å². The molecule has 0 aliphatic carbocycles. The number of carbonyl (C=O) groups is 2. The number of ether oxygens (including phenoxy) is 2. The Labute approximate surface area is 416 Å². The van der Waals surface area contributed by atoms with Crippen LogP contribution in [-0.2, 0) is 32.7 Å². The molecule has 398 valence electrons.